The lowest BCUT2D eigenvalue weighted by Gasteiger charge is -2.34. The van der Waals surface area contributed by atoms with Gasteiger partial charge in [-0.1, -0.05) is 0 Å². The Balaban J connectivity index is 2.11. The number of hydrogen-bond acceptors (Lipinski definition) is 5. The van der Waals surface area contributed by atoms with Crippen molar-refractivity contribution >= 4 is 5.97 Å². The molecule has 0 aliphatic heterocycles. The van der Waals surface area contributed by atoms with Crippen LogP contribution in [0.15, 0.2) is 0 Å². The van der Waals surface area contributed by atoms with Crippen LogP contribution in [-0.2, 0) is 9.53 Å². The maximum absolute atomic E-state index is 12.0. The molecule has 5 heteroatoms. The molecule has 0 aromatic heterocycles. The Morgan fingerprint density at radius 2 is 1.76 bits per heavy atom. The van der Waals surface area contributed by atoms with Crippen LogP contribution in [0.1, 0.15) is 27.2 Å². The molecule has 98 valence electrons. The first-order valence-electron chi connectivity index (χ1n) is 6.07. The van der Waals surface area contributed by atoms with Gasteiger partial charge in [-0.3, -0.25) is 4.79 Å². The van der Waals surface area contributed by atoms with Gasteiger partial charge < -0.3 is 20.7 Å². The van der Waals surface area contributed by atoms with E-state index >= 15 is 0 Å². The van der Waals surface area contributed by atoms with E-state index in [1.165, 1.54) is 0 Å². The number of hydrogen-bond donors (Lipinski definition) is 3. The molecule has 0 aromatic carbocycles. The van der Waals surface area contributed by atoms with Crippen molar-refractivity contribution in [2.24, 2.45) is 23.5 Å². The SMILES string of the molecule is CC(C)(C)OC(=O)[C@@H]1[C@H](N)[C@@H]2C[C@H]1[C@@H](O)[C@H]2O. The van der Waals surface area contributed by atoms with Gasteiger partial charge in [0.1, 0.15) is 5.60 Å². The highest BCUT2D eigenvalue weighted by Gasteiger charge is 2.59. The van der Waals surface area contributed by atoms with Crippen LogP contribution in [0.5, 0.6) is 0 Å². The highest BCUT2D eigenvalue weighted by Crippen LogP contribution is 2.48. The third kappa shape index (κ3) is 2.07. The Hall–Kier alpha value is -0.650. The molecule has 2 fully saturated rings. The molecule has 0 heterocycles. The molecule has 5 nitrogen and oxygen atoms in total. The summed E-state index contributed by atoms with van der Waals surface area (Å²) in [5.74, 6) is -1.30. The highest BCUT2D eigenvalue weighted by molar-refractivity contribution is 5.75. The summed E-state index contributed by atoms with van der Waals surface area (Å²) in [6.45, 7) is 5.40. The normalized spacial score (nSPS) is 45.1. The average Bonchev–Trinajstić information content (AvgIpc) is 2.62. The maximum atomic E-state index is 12.0. The number of fused-ring (bicyclic) bond motifs is 2. The Bertz CT molecular complexity index is 325. The average molecular weight is 243 g/mol. The molecular formula is C12H21NO4. The standard InChI is InChI=1S/C12H21NO4/c1-12(2,3)17-11(16)7-5-4-6(8(7)13)10(15)9(5)14/h5-10,14-15H,4,13H2,1-3H3/t5-,6+,7+,8-,9-,10+/m1/s1. The smallest absolute Gasteiger partial charge is 0.311 e. The van der Waals surface area contributed by atoms with Gasteiger partial charge in [0.15, 0.2) is 0 Å². The first-order valence-corrected chi connectivity index (χ1v) is 6.07. The number of esters is 1. The molecule has 2 aliphatic carbocycles. The highest BCUT2D eigenvalue weighted by atomic mass is 16.6. The van der Waals surface area contributed by atoms with E-state index in [0.29, 0.717) is 6.42 Å². The van der Waals surface area contributed by atoms with Crippen LogP contribution in [-0.4, -0.2) is 40.0 Å². The number of ether oxygens (including phenoxy) is 1. The fraction of sp³-hybridized carbons (Fsp3) is 0.917. The van der Waals surface area contributed by atoms with Gasteiger partial charge in [0, 0.05) is 17.9 Å². The van der Waals surface area contributed by atoms with E-state index < -0.39 is 29.8 Å². The molecule has 0 radical (unpaired) electrons. The van der Waals surface area contributed by atoms with Gasteiger partial charge in [0.2, 0.25) is 0 Å². The molecule has 2 bridgehead atoms. The Labute approximate surface area is 101 Å². The summed E-state index contributed by atoms with van der Waals surface area (Å²) in [5.41, 5.74) is 5.41. The van der Waals surface area contributed by atoms with Crippen LogP contribution in [0.4, 0.5) is 0 Å². The molecule has 0 amide bonds. The summed E-state index contributed by atoms with van der Waals surface area (Å²) in [7, 11) is 0. The van der Waals surface area contributed by atoms with Gasteiger partial charge in [0.25, 0.3) is 0 Å². The van der Waals surface area contributed by atoms with Crippen molar-refractivity contribution in [1.82, 2.24) is 0 Å². The maximum Gasteiger partial charge on any atom is 0.311 e. The summed E-state index contributed by atoms with van der Waals surface area (Å²) in [6, 6.07) is -0.409. The minimum atomic E-state index is -0.850. The molecule has 2 aliphatic rings. The molecule has 2 rings (SSSR count). The van der Waals surface area contributed by atoms with Crippen LogP contribution in [0, 0.1) is 17.8 Å². The molecule has 4 N–H and O–H groups in total. The van der Waals surface area contributed by atoms with Gasteiger partial charge >= 0.3 is 5.97 Å². The zero-order valence-electron chi connectivity index (χ0n) is 10.5. The number of aliphatic hydroxyl groups excluding tert-OH is 2. The summed E-state index contributed by atoms with van der Waals surface area (Å²) >= 11 is 0. The topological polar surface area (TPSA) is 92.8 Å². The van der Waals surface area contributed by atoms with Crippen LogP contribution < -0.4 is 5.73 Å². The van der Waals surface area contributed by atoms with Crippen molar-refractivity contribution in [3.63, 3.8) is 0 Å². The van der Waals surface area contributed by atoms with E-state index in [1.807, 2.05) is 0 Å². The van der Waals surface area contributed by atoms with Crippen LogP contribution in [0.25, 0.3) is 0 Å². The quantitative estimate of drug-likeness (QED) is 0.547. The van der Waals surface area contributed by atoms with Crippen LogP contribution >= 0.6 is 0 Å². The van der Waals surface area contributed by atoms with Gasteiger partial charge in [-0.05, 0) is 27.2 Å². The summed E-state index contributed by atoms with van der Waals surface area (Å²) in [6.07, 6.45) is -1.04. The minimum Gasteiger partial charge on any atom is -0.460 e. The first kappa shape index (κ1) is 12.8. The number of aliphatic hydroxyl groups is 2. The van der Waals surface area contributed by atoms with Gasteiger partial charge in [-0.25, -0.2) is 0 Å². The summed E-state index contributed by atoms with van der Waals surface area (Å²) in [5, 5.41) is 19.5. The lowest BCUT2D eigenvalue weighted by Crippen LogP contribution is -2.52. The lowest BCUT2D eigenvalue weighted by atomic mass is 9.81. The second-order valence-corrected chi connectivity index (χ2v) is 6.18. The van der Waals surface area contributed by atoms with E-state index in [1.54, 1.807) is 20.8 Å². The van der Waals surface area contributed by atoms with E-state index in [-0.39, 0.29) is 17.8 Å². The molecule has 0 aromatic rings. The molecule has 0 unspecified atom stereocenters. The van der Waals surface area contributed by atoms with Crippen LogP contribution in [0.3, 0.4) is 0 Å². The second-order valence-electron chi connectivity index (χ2n) is 6.18. The third-order valence-electron chi connectivity index (χ3n) is 3.82. The van der Waals surface area contributed by atoms with E-state index in [2.05, 4.69) is 0 Å². The molecule has 0 saturated heterocycles. The zero-order valence-corrected chi connectivity index (χ0v) is 10.5. The summed E-state index contributed by atoms with van der Waals surface area (Å²) in [4.78, 5) is 12.0. The van der Waals surface area contributed by atoms with Crippen molar-refractivity contribution in [2.75, 3.05) is 0 Å². The van der Waals surface area contributed by atoms with E-state index in [9.17, 15) is 15.0 Å². The lowest BCUT2D eigenvalue weighted by molar-refractivity contribution is -0.166. The largest absolute Gasteiger partial charge is 0.460 e. The Kier molecular flexibility index (Phi) is 2.96. The molecule has 2 saturated carbocycles. The molecule has 17 heavy (non-hydrogen) atoms. The Morgan fingerprint density at radius 1 is 1.24 bits per heavy atom. The number of carbonyl (C=O) groups excluding carboxylic acids is 1. The monoisotopic (exact) mass is 243 g/mol. The first-order chi connectivity index (χ1) is 7.72. The number of carbonyl (C=O) groups is 1. The van der Waals surface area contributed by atoms with Crippen molar-refractivity contribution in [3.05, 3.63) is 0 Å². The Morgan fingerprint density at radius 3 is 2.24 bits per heavy atom. The second kappa shape index (κ2) is 3.93. The van der Waals surface area contributed by atoms with Gasteiger partial charge in [0.05, 0.1) is 18.1 Å². The predicted molar refractivity (Wildman–Crippen MR) is 60.9 cm³/mol. The van der Waals surface area contributed by atoms with Crippen molar-refractivity contribution in [2.45, 2.75) is 51.0 Å². The number of rotatable bonds is 1. The molecule has 6 atom stereocenters. The van der Waals surface area contributed by atoms with Gasteiger partial charge in [-0.2, -0.15) is 0 Å². The fourth-order valence-corrected chi connectivity index (χ4v) is 3.10. The zero-order chi connectivity index (χ0) is 13.0. The van der Waals surface area contributed by atoms with E-state index in [4.69, 9.17) is 10.5 Å². The number of nitrogens with two attached hydrogens (primary N) is 1. The molecule has 0 spiro atoms. The van der Waals surface area contributed by atoms with Crippen LogP contribution in [0.2, 0.25) is 0 Å². The van der Waals surface area contributed by atoms with Crippen molar-refractivity contribution < 1.29 is 19.7 Å². The van der Waals surface area contributed by atoms with Crippen molar-refractivity contribution in [3.8, 4) is 0 Å². The fourth-order valence-electron chi connectivity index (χ4n) is 3.10. The molecular weight excluding hydrogens is 222 g/mol. The minimum absolute atomic E-state index is 0.187. The van der Waals surface area contributed by atoms with E-state index in [0.717, 1.165) is 0 Å². The van der Waals surface area contributed by atoms with Gasteiger partial charge in [-0.15, -0.1) is 0 Å². The third-order valence-corrected chi connectivity index (χ3v) is 3.82. The van der Waals surface area contributed by atoms with Crippen molar-refractivity contribution in [1.29, 1.82) is 0 Å². The summed E-state index contributed by atoms with van der Waals surface area (Å²) < 4.78 is 5.32. The predicted octanol–water partition coefficient (Wildman–Crippen LogP) is -0.357.